The average Bonchev–Trinajstić information content (AvgIpc) is 2.87. The maximum atomic E-state index is 13.5. The maximum Gasteiger partial charge on any atom is 0.336 e. The molecule has 0 bridgehead atoms. The second-order valence-electron chi connectivity index (χ2n) is 8.59. The van der Waals surface area contributed by atoms with E-state index >= 15 is 0 Å². The minimum absolute atomic E-state index is 0.0164. The topological polar surface area (TPSA) is 83.1 Å². The van der Waals surface area contributed by atoms with Crippen molar-refractivity contribution in [3.8, 4) is 17.2 Å². The van der Waals surface area contributed by atoms with Crippen LogP contribution in [0.1, 0.15) is 43.2 Å². The van der Waals surface area contributed by atoms with E-state index in [-0.39, 0.29) is 12.4 Å². The third-order valence-corrected chi connectivity index (χ3v) is 6.51. The molecular weight excluding hydrogens is 446 g/mol. The first kappa shape index (κ1) is 24.4. The van der Waals surface area contributed by atoms with Crippen LogP contribution in [0.4, 0.5) is 0 Å². The van der Waals surface area contributed by atoms with Crippen molar-refractivity contribution >= 4 is 11.8 Å². The lowest BCUT2D eigenvalue weighted by Gasteiger charge is -2.34. The number of dihydropyridines is 1. The summed E-state index contributed by atoms with van der Waals surface area (Å²) in [5, 5.41) is 3.32. The van der Waals surface area contributed by atoms with Gasteiger partial charge in [-0.15, -0.1) is 0 Å². The molecule has 0 fully saturated rings. The molecule has 2 aromatic rings. The highest BCUT2D eigenvalue weighted by molar-refractivity contribution is 6.04. The van der Waals surface area contributed by atoms with Crippen LogP contribution in [0.5, 0.6) is 17.2 Å². The van der Waals surface area contributed by atoms with Crippen molar-refractivity contribution in [2.75, 3.05) is 27.9 Å². The van der Waals surface area contributed by atoms with E-state index in [2.05, 4.69) is 5.32 Å². The quantitative estimate of drug-likeness (QED) is 0.562. The lowest BCUT2D eigenvalue weighted by Crippen LogP contribution is -2.34. The van der Waals surface area contributed by atoms with Gasteiger partial charge < -0.3 is 24.3 Å². The van der Waals surface area contributed by atoms with Gasteiger partial charge in [0.1, 0.15) is 5.75 Å². The molecule has 4 rings (SSSR count). The van der Waals surface area contributed by atoms with Gasteiger partial charge in [-0.2, -0.15) is 0 Å². The summed E-state index contributed by atoms with van der Waals surface area (Å²) in [6.07, 6.45) is 2.54. The number of benzene rings is 2. The first-order chi connectivity index (χ1) is 17.0. The van der Waals surface area contributed by atoms with Gasteiger partial charge in [-0.25, -0.2) is 4.79 Å². The Kier molecular flexibility index (Phi) is 7.44. The van der Waals surface area contributed by atoms with Gasteiger partial charge in [0.2, 0.25) is 0 Å². The van der Waals surface area contributed by atoms with Crippen LogP contribution in [-0.2, 0) is 20.7 Å². The molecule has 0 radical (unpaired) electrons. The van der Waals surface area contributed by atoms with Gasteiger partial charge in [0.05, 0.1) is 39.4 Å². The van der Waals surface area contributed by atoms with E-state index < -0.39 is 11.9 Å². The monoisotopic (exact) mass is 477 g/mol. The van der Waals surface area contributed by atoms with Crippen LogP contribution in [0.3, 0.4) is 0 Å². The van der Waals surface area contributed by atoms with Crippen LogP contribution in [0, 0.1) is 0 Å². The molecular formula is C28H31NO6. The molecule has 1 atom stereocenters. The Morgan fingerprint density at radius 1 is 0.971 bits per heavy atom. The second kappa shape index (κ2) is 10.7. The highest BCUT2D eigenvalue weighted by Crippen LogP contribution is 2.48. The third-order valence-electron chi connectivity index (χ3n) is 6.51. The van der Waals surface area contributed by atoms with Crippen molar-refractivity contribution in [2.45, 2.75) is 38.5 Å². The summed E-state index contributed by atoms with van der Waals surface area (Å²) in [6, 6.07) is 13.4. The number of Topliss-reactive ketones (excluding diaryl/α,β-unsaturated/α-hetero) is 1. The SMILES string of the molecule is COc1cc(OC)c(C2C(C(=O)OCCc3ccccc3)=C(C)NC3=C2C(=O)CCC3)cc1OC. The first-order valence-electron chi connectivity index (χ1n) is 11.7. The summed E-state index contributed by atoms with van der Waals surface area (Å²) in [6.45, 7) is 2.08. The van der Waals surface area contributed by atoms with Crippen LogP contribution in [0.15, 0.2) is 65.0 Å². The van der Waals surface area contributed by atoms with Crippen molar-refractivity contribution in [1.29, 1.82) is 0 Å². The fourth-order valence-electron chi connectivity index (χ4n) is 4.83. The first-order valence-corrected chi connectivity index (χ1v) is 11.7. The average molecular weight is 478 g/mol. The number of rotatable bonds is 8. The molecule has 1 heterocycles. The van der Waals surface area contributed by atoms with E-state index in [0.29, 0.717) is 52.5 Å². The summed E-state index contributed by atoms with van der Waals surface area (Å²) >= 11 is 0. The van der Waals surface area contributed by atoms with E-state index in [1.165, 1.54) is 0 Å². The van der Waals surface area contributed by atoms with Crippen molar-refractivity contribution in [2.24, 2.45) is 0 Å². The molecule has 0 saturated heterocycles. The van der Waals surface area contributed by atoms with Gasteiger partial charge in [0.15, 0.2) is 17.3 Å². The van der Waals surface area contributed by atoms with Gasteiger partial charge in [0, 0.05) is 41.4 Å². The van der Waals surface area contributed by atoms with Crippen LogP contribution < -0.4 is 19.5 Å². The number of ether oxygens (including phenoxy) is 4. The molecule has 0 aromatic heterocycles. The molecule has 2 aliphatic rings. The number of esters is 1. The second-order valence-corrected chi connectivity index (χ2v) is 8.59. The van der Waals surface area contributed by atoms with Crippen molar-refractivity contribution in [1.82, 2.24) is 5.32 Å². The molecule has 2 aromatic carbocycles. The number of hydrogen-bond donors (Lipinski definition) is 1. The molecule has 0 amide bonds. The zero-order chi connectivity index (χ0) is 24.9. The highest BCUT2D eigenvalue weighted by atomic mass is 16.5. The Morgan fingerprint density at radius 3 is 2.34 bits per heavy atom. The summed E-state index contributed by atoms with van der Waals surface area (Å²) in [5.74, 6) is 0.404. The lowest BCUT2D eigenvalue weighted by molar-refractivity contribution is -0.139. The number of ketones is 1. The Morgan fingerprint density at radius 2 is 1.66 bits per heavy atom. The lowest BCUT2D eigenvalue weighted by atomic mass is 9.75. The summed E-state index contributed by atoms with van der Waals surface area (Å²) in [5.41, 5.74) is 4.24. The Hall–Kier alpha value is -3.74. The molecule has 1 unspecified atom stereocenters. The Balaban J connectivity index is 1.75. The van der Waals surface area contributed by atoms with Gasteiger partial charge in [-0.3, -0.25) is 4.79 Å². The summed E-state index contributed by atoms with van der Waals surface area (Å²) < 4.78 is 22.4. The molecule has 1 aliphatic heterocycles. The van der Waals surface area contributed by atoms with Crippen molar-refractivity contribution in [3.63, 3.8) is 0 Å². The van der Waals surface area contributed by atoms with Crippen LogP contribution in [0.25, 0.3) is 0 Å². The molecule has 7 heteroatoms. The number of allylic oxidation sites excluding steroid dienone is 3. The van der Waals surface area contributed by atoms with Crippen molar-refractivity contribution < 1.29 is 28.5 Å². The van der Waals surface area contributed by atoms with Crippen molar-refractivity contribution in [3.05, 3.63) is 76.1 Å². The summed E-state index contributed by atoms with van der Waals surface area (Å²) in [4.78, 5) is 26.7. The molecule has 7 nitrogen and oxygen atoms in total. The molecule has 0 saturated carbocycles. The smallest absolute Gasteiger partial charge is 0.336 e. The number of carbonyl (C=O) groups is 2. The third kappa shape index (κ3) is 4.90. The fraction of sp³-hybridized carbons (Fsp3) is 0.357. The maximum absolute atomic E-state index is 13.5. The standard InChI is InChI=1S/C28H31NO6/c1-17-25(28(31)35-14-13-18-9-6-5-7-10-18)26(27-20(29-17)11-8-12-21(27)30)19-15-23(33-3)24(34-4)16-22(19)32-2/h5-7,9-10,15-16,26,29H,8,11-14H2,1-4H3. The zero-order valence-electron chi connectivity index (χ0n) is 20.6. The number of hydrogen-bond acceptors (Lipinski definition) is 7. The van der Waals surface area contributed by atoms with E-state index in [9.17, 15) is 9.59 Å². The largest absolute Gasteiger partial charge is 0.496 e. The van der Waals surface area contributed by atoms with Gasteiger partial charge in [-0.05, 0) is 31.4 Å². The van der Waals surface area contributed by atoms with Gasteiger partial charge in [0.25, 0.3) is 0 Å². The normalized spacial score (nSPS) is 17.5. The van der Waals surface area contributed by atoms with Crippen LogP contribution >= 0.6 is 0 Å². The number of methoxy groups -OCH3 is 3. The minimum Gasteiger partial charge on any atom is -0.496 e. The zero-order valence-corrected chi connectivity index (χ0v) is 20.6. The van der Waals surface area contributed by atoms with Gasteiger partial charge >= 0.3 is 5.97 Å². The number of nitrogens with one attached hydrogen (secondary N) is 1. The number of carbonyl (C=O) groups excluding carboxylic acids is 2. The minimum atomic E-state index is -0.641. The highest BCUT2D eigenvalue weighted by Gasteiger charge is 2.41. The van der Waals surface area contributed by atoms with E-state index in [1.807, 2.05) is 37.3 Å². The molecule has 1 N–H and O–H groups in total. The molecule has 35 heavy (non-hydrogen) atoms. The summed E-state index contributed by atoms with van der Waals surface area (Å²) in [7, 11) is 4.65. The fourth-order valence-corrected chi connectivity index (χ4v) is 4.83. The predicted molar refractivity (Wildman–Crippen MR) is 132 cm³/mol. The van der Waals surface area contributed by atoms with E-state index in [0.717, 1.165) is 24.1 Å². The molecule has 1 aliphatic carbocycles. The van der Waals surface area contributed by atoms with Crippen LogP contribution in [0.2, 0.25) is 0 Å². The Bertz CT molecular complexity index is 1180. The molecule has 0 spiro atoms. The molecule has 184 valence electrons. The predicted octanol–water partition coefficient (Wildman–Crippen LogP) is 4.47. The van der Waals surface area contributed by atoms with E-state index in [4.69, 9.17) is 18.9 Å². The van der Waals surface area contributed by atoms with Crippen LogP contribution in [-0.4, -0.2) is 39.7 Å². The van der Waals surface area contributed by atoms with Gasteiger partial charge in [-0.1, -0.05) is 30.3 Å². The van der Waals surface area contributed by atoms with E-state index in [1.54, 1.807) is 33.5 Å². The Labute approximate surface area is 205 Å².